The lowest BCUT2D eigenvalue weighted by molar-refractivity contribution is 0.148. The van der Waals surface area contributed by atoms with E-state index in [1.54, 1.807) is 7.11 Å². The zero-order valence-electron chi connectivity index (χ0n) is 10.1. The largest absolute Gasteiger partial charge is 0.497 e. The minimum atomic E-state index is 0.951. The van der Waals surface area contributed by atoms with E-state index in [1.807, 2.05) is 6.07 Å². The van der Waals surface area contributed by atoms with Gasteiger partial charge < -0.3 is 9.64 Å². The number of likely N-dealkylation sites (N-methyl/N-ethyl adjacent to an activating group) is 1. The molecule has 0 unspecified atom stereocenters. The van der Waals surface area contributed by atoms with Crippen LogP contribution in [0.1, 0.15) is 5.56 Å². The molecule has 0 N–H and O–H groups in total. The SMILES string of the molecule is COc1cccc(CN2CCN(C)CC2)c1. The van der Waals surface area contributed by atoms with Gasteiger partial charge in [-0.2, -0.15) is 0 Å². The molecule has 1 aromatic rings. The molecule has 1 aromatic carbocycles. The van der Waals surface area contributed by atoms with Crippen molar-refractivity contribution in [1.29, 1.82) is 0 Å². The van der Waals surface area contributed by atoms with Crippen LogP contribution in [-0.2, 0) is 6.54 Å². The quantitative estimate of drug-likeness (QED) is 0.766. The molecule has 0 bridgehead atoms. The Kier molecular flexibility index (Phi) is 3.80. The summed E-state index contributed by atoms with van der Waals surface area (Å²) in [5.74, 6) is 0.951. The van der Waals surface area contributed by atoms with Gasteiger partial charge >= 0.3 is 0 Å². The third-order valence-electron chi connectivity index (χ3n) is 3.14. The fraction of sp³-hybridized carbons (Fsp3) is 0.538. The van der Waals surface area contributed by atoms with E-state index in [2.05, 4.69) is 35.0 Å². The first-order valence-electron chi connectivity index (χ1n) is 5.82. The second kappa shape index (κ2) is 5.32. The molecular formula is C13H20N2O. The van der Waals surface area contributed by atoms with Crippen LogP contribution in [-0.4, -0.2) is 50.1 Å². The number of benzene rings is 1. The van der Waals surface area contributed by atoms with Gasteiger partial charge in [0.25, 0.3) is 0 Å². The summed E-state index contributed by atoms with van der Waals surface area (Å²) < 4.78 is 5.23. The van der Waals surface area contributed by atoms with E-state index in [1.165, 1.54) is 18.7 Å². The molecular weight excluding hydrogens is 200 g/mol. The Bertz CT molecular complexity index is 332. The van der Waals surface area contributed by atoms with Crippen molar-refractivity contribution in [3.63, 3.8) is 0 Å². The molecule has 0 radical (unpaired) electrons. The van der Waals surface area contributed by atoms with E-state index in [9.17, 15) is 0 Å². The van der Waals surface area contributed by atoms with E-state index >= 15 is 0 Å². The van der Waals surface area contributed by atoms with Gasteiger partial charge in [0, 0.05) is 32.7 Å². The van der Waals surface area contributed by atoms with Gasteiger partial charge in [0.1, 0.15) is 5.75 Å². The normalized spacial score (nSPS) is 18.6. The number of methoxy groups -OCH3 is 1. The summed E-state index contributed by atoms with van der Waals surface area (Å²) in [7, 11) is 3.90. The lowest BCUT2D eigenvalue weighted by Gasteiger charge is -2.32. The minimum absolute atomic E-state index is 0.951. The van der Waals surface area contributed by atoms with Gasteiger partial charge in [-0.1, -0.05) is 12.1 Å². The second-order valence-corrected chi connectivity index (χ2v) is 4.43. The lowest BCUT2D eigenvalue weighted by atomic mass is 10.2. The summed E-state index contributed by atoms with van der Waals surface area (Å²) in [6.07, 6.45) is 0. The van der Waals surface area contributed by atoms with E-state index in [0.29, 0.717) is 0 Å². The van der Waals surface area contributed by atoms with Gasteiger partial charge in [0.05, 0.1) is 7.11 Å². The molecule has 1 heterocycles. The highest BCUT2D eigenvalue weighted by atomic mass is 16.5. The molecule has 1 fully saturated rings. The van der Waals surface area contributed by atoms with Crippen molar-refractivity contribution in [2.75, 3.05) is 40.3 Å². The predicted molar refractivity (Wildman–Crippen MR) is 65.8 cm³/mol. The molecule has 0 aromatic heterocycles. The van der Waals surface area contributed by atoms with Gasteiger partial charge in [-0.05, 0) is 24.7 Å². The average molecular weight is 220 g/mol. The second-order valence-electron chi connectivity index (χ2n) is 4.43. The van der Waals surface area contributed by atoms with Crippen molar-refractivity contribution in [3.05, 3.63) is 29.8 Å². The van der Waals surface area contributed by atoms with Crippen LogP contribution in [0.25, 0.3) is 0 Å². The molecule has 16 heavy (non-hydrogen) atoms. The van der Waals surface area contributed by atoms with Crippen LogP contribution >= 0.6 is 0 Å². The van der Waals surface area contributed by atoms with Gasteiger partial charge in [-0.15, -0.1) is 0 Å². The molecule has 3 nitrogen and oxygen atoms in total. The molecule has 1 aliphatic rings. The first kappa shape index (κ1) is 11.4. The highest BCUT2D eigenvalue weighted by Gasteiger charge is 2.13. The molecule has 0 saturated carbocycles. The van der Waals surface area contributed by atoms with E-state index in [0.717, 1.165) is 25.4 Å². The Morgan fingerprint density at radius 3 is 2.62 bits per heavy atom. The van der Waals surface area contributed by atoms with E-state index in [4.69, 9.17) is 4.74 Å². The van der Waals surface area contributed by atoms with Crippen molar-refractivity contribution in [2.45, 2.75) is 6.54 Å². The molecule has 3 heteroatoms. The van der Waals surface area contributed by atoms with Crippen LogP contribution in [0.5, 0.6) is 5.75 Å². The third-order valence-corrected chi connectivity index (χ3v) is 3.14. The smallest absolute Gasteiger partial charge is 0.119 e. The summed E-state index contributed by atoms with van der Waals surface area (Å²) in [5, 5.41) is 0. The Balaban J connectivity index is 1.93. The van der Waals surface area contributed by atoms with Crippen molar-refractivity contribution in [1.82, 2.24) is 9.80 Å². The lowest BCUT2D eigenvalue weighted by Crippen LogP contribution is -2.43. The number of hydrogen-bond donors (Lipinski definition) is 0. The highest BCUT2D eigenvalue weighted by molar-refractivity contribution is 5.28. The molecule has 1 saturated heterocycles. The van der Waals surface area contributed by atoms with E-state index < -0.39 is 0 Å². The number of rotatable bonds is 3. The van der Waals surface area contributed by atoms with Gasteiger partial charge in [-0.25, -0.2) is 0 Å². The molecule has 0 atom stereocenters. The maximum atomic E-state index is 5.23. The Morgan fingerprint density at radius 1 is 1.19 bits per heavy atom. The van der Waals surface area contributed by atoms with E-state index in [-0.39, 0.29) is 0 Å². The Morgan fingerprint density at radius 2 is 1.94 bits per heavy atom. The highest BCUT2D eigenvalue weighted by Crippen LogP contribution is 2.14. The minimum Gasteiger partial charge on any atom is -0.497 e. The van der Waals surface area contributed by atoms with Gasteiger partial charge in [0.2, 0.25) is 0 Å². The number of hydrogen-bond acceptors (Lipinski definition) is 3. The fourth-order valence-corrected chi connectivity index (χ4v) is 2.03. The van der Waals surface area contributed by atoms with Gasteiger partial charge in [-0.3, -0.25) is 4.90 Å². The predicted octanol–water partition coefficient (Wildman–Crippen LogP) is 1.44. The fourth-order valence-electron chi connectivity index (χ4n) is 2.03. The number of nitrogens with zero attached hydrogens (tertiary/aromatic N) is 2. The molecule has 88 valence electrons. The molecule has 2 rings (SSSR count). The average Bonchev–Trinajstić information content (AvgIpc) is 2.32. The summed E-state index contributed by atoms with van der Waals surface area (Å²) in [5.41, 5.74) is 1.34. The zero-order chi connectivity index (χ0) is 11.4. The van der Waals surface area contributed by atoms with Crippen molar-refractivity contribution in [2.24, 2.45) is 0 Å². The van der Waals surface area contributed by atoms with Crippen LogP contribution in [0.4, 0.5) is 0 Å². The molecule has 0 amide bonds. The van der Waals surface area contributed by atoms with Crippen LogP contribution in [0.15, 0.2) is 24.3 Å². The molecule has 0 aliphatic carbocycles. The maximum absolute atomic E-state index is 5.23. The standard InChI is InChI=1S/C13H20N2O/c1-14-6-8-15(9-7-14)11-12-4-3-5-13(10-12)16-2/h3-5,10H,6-9,11H2,1-2H3. The monoisotopic (exact) mass is 220 g/mol. The van der Waals surface area contributed by atoms with Crippen molar-refractivity contribution in [3.8, 4) is 5.75 Å². The first-order chi connectivity index (χ1) is 7.78. The third kappa shape index (κ3) is 2.97. The van der Waals surface area contributed by atoms with Crippen LogP contribution < -0.4 is 4.74 Å². The molecule has 1 aliphatic heterocycles. The topological polar surface area (TPSA) is 15.7 Å². The number of piperazine rings is 1. The Labute approximate surface area is 97.6 Å². The summed E-state index contributed by atoms with van der Waals surface area (Å²) in [6, 6.07) is 8.34. The zero-order valence-corrected chi connectivity index (χ0v) is 10.1. The maximum Gasteiger partial charge on any atom is 0.119 e. The Hall–Kier alpha value is -1.06. The first-order valence-corrected chi connectivity index (χ1v) is 5.82. The molecule has 0 spiro atoms. The van der Waals surface area contributed by atoms with Crippen molar-refractivity contribution >= 4 is 0 Å². The van der Waals surface area contributed by atoms with Gasteiger partial charge in [0.15, 0.2) is 0 Å². The summed E-state index contributed by atoms with van der Waals surface area (Å²) >= 11 is 0. The van der Waals surface area contributed by atoms with Crippen molar-refractivity contribution < 1.29 is 4.74 Å². The van der Waals surface area contributed by atoms with Crippen LogP contribution in [0.3, 0.4) is 0 Å². The van der Waals surface area contributed by atoms with Crippen LogP contribution in [0, 0.1) is 0 Å². The number of ether oxygens (including phenoxy) is 1. The summed E-state index contributed by atoms with van der Waals surface area (Å²) in [6.45, 7) is 5.69. The van der Waals surface area contributed by atoms with Crippen LogP contribution in [0.2, 0.25) is 0 Å². The summed E-state index contributed by atoms with van der Waals surface area (Å²) in [4.78, 5) is 4.87.